The summed E-state index contributed by atoms with van der Waals surface area (Å²) in [6.45, 7) is 0.367. The van der Waals surface area contributed by atoms with Crippen molar-refractivity contribution in [1.29, 1.82) is 0 Å². The number of amides is 2. The van der Waals surface area contributed by atoms with Gasteiger partial charge >= 0.3 is 0 Å². The molecule has 0 aromatic carbocycles. The van der Waals surface area contributed by atoms with Crippen LogP contribution in [0.15, 0.2) is 12.2 Å². The topological polar surface area (TPSA) is 37.4 Å². The highest BCUT2D eigenvalue weighted by Crippen LogP contribution is 2.52. The number of alkyl halides is 1. The van der Waals surface area contributed by atoms with E-state index in [0.29, 0.717) is 24.3 Å². The summed E-state index contributed by atoms with van der Waals surface area (Å²) in [6.07, 6.45) is 5.18. The van der Waals surface area contributed by atoms with Crippen LogP contribution in [0.4, 0.5) is 0 Å². The van der Waals surface area contributed by atoms with Crippen LogP contribution >= 0.6 is 11.6 Å². The minimum atomic E-state index is -0.0734. The molecule has 1 heterocycles. The van der Waals surface area contributed by atoms with Gasteiger partial charge in [-0.1, -0.05) is 12.2 Å². The summed E-state index contributed by atoms with van der Waals surface area (Å²) in [4.78, 5) is 25.3. The highest BCUT2D eigenvalue weighted by atomic mass is 35.5. The largest absolute Gasteiger partial charge is 0.281 e. The van der Waals surface area contributed by atoms with Crippen LogP contribution in [0.5, 0.6) is 0 Å². The Bertz CT molecular complexity index is 336. The second-order valence-electron chi connectivity index (χ2n) is 4.52. The Hall–Kier alpha value is -0.830. The Morgan fingerprint density at radius 3 is 2.20 bits per heavy atom. The zero-order chi connectivity index (χ0) is 10.6. The van der Waals surface area contributed by atoms with Crippen LogP contribution in [0.3, 0.4) is 0 Å². The number of fused-ring (bicyclic) bond motifs is 5. The molecule has 4 atom stereocenters. The lowest BCUT2D eigenvalue weighted by atomic mass is 9.85. The third kappa shape index (κ3) is 1.07. The molecule has 3 nitrogen and oxygen atoms in total. The molecule has 3 aliphatic rings. The summed E-state index contributed by atoms with van der Waals surface area (Å²) in [5, 5.41) is 0. The minimum Gasteiger partial charge on any atom is -0.281 e. The van der Waals surface area contributed by atoms with Crippen molar-refractivity contribution in [1.82, 2.24) is 4.90 Å². The molecule has 0 aromatic heterocycles. The number of hydrogen-bond donors (Lipinski definition) is 0. The van der Waals surface area contributed by atoms with E-state index in [-0.39, 0.29) is 23.7 Å². The van der Waals surface area contributed by atoms with Crippen molar-refractivity contribution in [3.63, 3.8) is 0 Å². The number of hydrogen-bond acceptors (Lipinski definition) is 2. The van der Waals surface area contributed by atoms with Crippen LogP contribution in [0, 0.1) is 23.7 Å². The van der Waals surface area contributed by atoms with Gasteiger partial charge in [-0.25, -0.2) is 0 Å². The molecule has 80 valence electrons. The van der Waals surface area contributed by atoms with Crippen LogP contribution in [-0.2, 0) is 9.59 Å². The quantitative estimate of drug-likeness (QED) is 0.400. The fourth-order valence-corrected chi connectivity index (χ4v) is 3.44. The van der Waals surface area contributed by atoms with Crippen LogP contribution in [0.25, 0.3) is 0 Å². The maximum absolute atomic E-state index is 12.0. The Kier molecular flexibility index (Phi) is 1.93. The number of rotatable bonds is 2. The molecule has 2 fully saturated rings. The zero-order valence-electron chi connectivity index (χ0n) is 8.23. The lowest BCUT2D eigenvalue weighted by molar-refractivity contribution is -0.140. The lowest BCUT2D eigenvalue weighted by Gasteiger charge is -2.15. The van der Waals surface area contributed by atoms with Crippen LogP contribution in [-0.4, -0.2) is 29.1 Å². The molecule has 4 heteroatoms. The van der Waals surface area contributed by atoms with Crippen molar-refractivity contribution >= 4 is 23.4 Å². The predicted octanol–water partition coefficient (Wildman–Crippen LogP) is 1.03. The second kappa shape index (κ2) is 3.08. The average molecular weight is 226 g/mol. The number of imide groups is 1. The van der Waals surface area contributed by atoms with Gasteiger partial charge in [0.25, 0.3) is 0 Å². The summed E-state index contributed by atoms with van der Waals surface area (Å²) >= 11 is 5.60. The molecule has 1 aliphatic heterocycles. The van der Waals surface area contributed by atoms with Crippen molar-refractivity contribution in [2.75, 3.05) is 12.4 Å². The molecular weight excluding hydrogens is 214 g/mol. The Morgan fingerprint density at radius 1 is 1.20 bits per heavy atom. The molecule has 0 N–H and O–H groups in total. The zero-order valence-corrected chi connectivity index (χ0v) is 8.98. The molecule has 2 aliphatic carbocycles. The van der Waals surface area contributed by atoms with E-state index in [0.717, 1.165) is 6.42 Å². The maximum Gasteiger partial charge on any atom is 0.233 e. The normalized spacial score (nSPS) is 41.8. The van der Waals surface area contributed by atoms with Crippen molar-refractivity contribution < 1.29 is 9.59 Å². The molecule has 3 rings (SSSR count). The first-order valence-electron chi connectivity index (χ1n) is 5.33. The average Bonchev–Trinajstić information content (AvgIpc) is 2.87. The standard InChI is InChI=1S/C11H12ClNO2/c12-3-4-13-10(14)8-6-1-2-7(5-6)9(8)11(13)15/h1-2,6-9H,3-5H2. The molecule has 0 aromatic rings. The van der Waals surface area contributed by atoms with Gasteiger partial charge in [-0.05, 0) is 18.3 Å². The monoisotopic (exact) mass is 225 g/mol. The number of likely N-dealkylation sites (tertiary alicyclic amines) is 1. The molecule has 0 spiro atoms. The van der Waals surface area contributed by atoms with E-state index >= 15 is 0 Å². The molecule has 15 heavy (non-hydrogen) atoms. The summed E-state index contributed by atoms with van der Waals surface area (Å²) < 4.78 is 0. The second-order valence-corrected chi connectivity index (χ2v) is 4.89. The highest BCUT2D eigenvalue weighted by Gasteiger charge is 2.58. The van der Waals surface area contributed by atoms with E-state index in [9.17, 15) is 9.59 Å². The van der Waals surface area contributed by atoms with Gasteiger partial charge < -0.3 is 0 Å². The third-order valence-electron chi connectivity index (χ3n) is 3.87. The summed E-state index contributed by atoms with van der Waals surface area (Å²) in [6, 6.07) is 0. The van der Waals surface area contributed by atoms with E-state index in [2.05, 4.69) is 12.2 Å². The molecular formula is C11H12ClNO2. The molecule has 1 saturated heterocycles. The van der Waals surface area contributed by atoms with E-state index in [1.54, 1.807) is 0 Å². The van der Waals surface area contributed by atoms with Crippen LogP contribution in [0.2, 0.25) is 0 Å². The summed E-state index contributed by atoms with van der Waals surface area (Å²) in [5.74, 6) is 0.796. The minimum absolute atomic E-state index is 0.00231. The van der Waals surface area contributed by atoms with Gasteiger partial charge in [0.2, 0.25) is 11.8 Å². The Balaban J connectivity index is 1.93. The first-order valence-corrected chi connectivity index (χ1v) is 5.87. The van der Waals surface area contributed by atoms with Crippen molar-refractivity contribution in [2.45, 2.75) is 6.42 Å². The van der Waals surface area contributed by atoms with Crippen molar-refractivity contribution in [3.05, 3.63) is 12.2 Å². The number of allylic oxidation sites excluding steroid dienone is 2. The lowest BCUT2D eigenvalue weighted by Crippen LogP contribution is -2.34. The van der Waals surface area contributed by atoms with Gasteiger partial charge in [0.05, 0.1) is 11.8 Å². The van der Waals surface area contributed by atoms with Gasteiger partial charge in [-0.15, -0.1) is 11.6 Å². The van der Waals surface area contributed by atoms with Gasteiger partial charge in [0, 0.05) is 12.4 Å². The summed E-state index contributed by atoms with van der Waals surface area (Å²) in [5.41, 5.74) is 0. The van der Waals surface area contributed by atoms with E-state index in [4.69, 9.17) is 11.6 Å². The van der Waals surface area contributed by atoms with E-state index in [1.165, 1.54) is 4.90 Å². The summed E-state index contributed by atoms with van der Waals surface area (Å²) in [7, 11) is 0. The predicted molar refractivity (Wildman–Crippen MR) is 55.2 cm³/mol. The molecule has 4 unspecified atom stereocenters. The smallest absolute Gasteiger partial charge is 0.233 e. The van der Waals surface area contributed by atoms with E-state index < -0.39 is 0 Å². The fourth-order valence-electron chi connectivity index (χ4n) is 3.27. The SMILES string of the molecule is O=C1C2C3C=CC(C3)C2C(=O)N1CCCl. The molecule has 0 radical (unpaired) electrons. The first-order chi connectivity index (χ1) is 7.24. The molecule has 1 saturated carbocycles. The molecule has 2 bridgehead atoms. The van der Waals surface area contributed by atoms with E-state index in [1.807, 2.05) is 0 Å². The van der Waals surface area contributed by atoms with Crippen molar-refractivity contribution in [3.8, 4) is 0 Å². The number of nitrogens with zero attached hydrogens (tertiary/aromatic N) is 1. The fraction of sp³-hybridized carbons (Fsp3) is 0.636. The number of halogens is 1. The first kappa shape index (κ1) is 9.40. The maximum atomic E-state index is 12.0. The van der Waals surface area contributed by atoms with Gasteiger partial charge in [-0.2, -0.15) is 0 Å². The molecule has 2 amide bonds. The van der Waals surface area contributed by atoms with Gasteiger partial charge in [-0.3, -0.25) is 14.5 Å². The highest BCUT2D eigenvalue weighted by molar-refractivity contribution is 6.18. The van der Waals surface area contributed by atoms with Crippen LogP contribution in [0.1, 0.15) is 6.42 Å². The van der Waals surface area contributed by atoms with Crippen molar-refractivity contribution in [2.24, 2.45) is 23.7 Å². The number of carbonyl (C=O) groups is 2. The number of carbonyl (C=O) groups excluding carboxylic acids is 2. The van der Waals surface area contributed by atoms with Crippen LogP contribution < -0.4 is 0 Å². The Labute approximate surface area is 93.1 Å². The van der Waals surface area contributed by atoms with Gasteiger partial charge in [0.1, 0.15) is 0 Å². The Morgan fingerprint density at radius 2 is 1.73 bits per heavy atom. The van der Waals surface area contributed by atoms with Gasteiger partial charge in [0.15, 0.2) is 0 Å². The third-order valence-corrected chi connectivity index (χ3v) is 4.04.